The zero-order valence-electron chi connectivity index (χ0n) is 28.7. The van der Waals surface area contributed by atoms with E-state index in [4.69, 9.17) is 23.6 Å². The first kappa shape index (κ1) is 35.0. The standard InChI is InChI=1S/C35H48N6O7/c1-22-30(47-21-37-22)20-46-27-11-10-23-15-28(41(19-25(23)14-27)34(44)48-35(2,3)4)29(42)18-36-33(43)24-16-31(38-26-8-7-9-26)39-32(17-24)40(5)12-13-45-6/h10-11,14,16-17,21,26,28-29,42H,7-9,12-13,15,18-20H2,1-6H3,(H,36,43)(H,38,39)/t28-,29+/m0/s1. The fraction of sp³-hybridized carbons (Fsp3) is 0.543. The van der Waals surface area contributed by atoms with Crippen LogP contribution in [-0.4, -0.2) is 89.6 Å². The summed E-state index contributed by atoms with van der Waals surface area (Å²) in [7, 11) is 3.54. The summed E-state index contributed by atoms with van der Waals surface area (Å²) in [6.45, 7) is 8.73. The Morgan fingerprint density at radius 2 is 1.98 bits per heavy atom. The zero-order chi connectivity index (χ0) is 34.4. The highest BCUT2D eigenvalue weighted by atomic mass is 16.6. The number of carbonyl (C=O) groups is 2. The molecule has 3 N–H and O–H groups in total. The van der Waals surface area contributed by atoms with Gasteiger partial charge in [-0.25, -0.2) is 14.8 Å². The van der Waals surface area contributed by atoms with Crippen LogP contribution in [0.3, 0.4) is 0 Å². The molecule has 1 fully saturated rings. The first-order chi connectivity index (χ1) is 22.9. The van der Waals surface area contributed by atoms with Crippen molar-refractivity contribution in [2.75, 3.05) is 44.1 Å². The average Bonchev–Trinajstić information content (AvgIpc) is 3.45. The number of anilines is 2. The van der Waals surface area contributed by atoms with Crippen LogP contribution in [0.2, 0.25) is 0 Å². The molecule has 0 bridgehead atoms. The van der Waals surface area contributed by atoms with Gasteiger partial charge in [0.1, 0.15) is 29.6 Å². The van der Waals surface area contributed by atoms with Crippen molar-refractivity contribution in [3.05, 3.63) is 64.9 Å². The number of aryl methyl sites for hydroxylation is 1. The maximum absolute atomic E-state index is 13.5. The monoisotopic (exact) mass is 664 g/mol. The van der Waals surface area contributed by atoms with Crippen molar-refractivity contribution in [2.45, 2.75) is 90.3 Å². The van der Waals surface area contributed by atoms with Gasteiger partial charge >= 0.3 is 6.09 Å². The second-order valence-corrected chi connectivity index (χ2v) is 13.5. The van der Waals surface area contributed by atoms with Gasteiger partial charge in [-0.3, -0.25) is 9.69 Å². The lowest BCUT2D eigenvalue weighted by Gasteiger charge is -2.40. The Balaban J connectivity index is 1.30. The predicted octanol–water partition coefficient (Wildman–Crippen LogP) is 4.46. The smallest absolute Gasteiger partial charge is 0.410 e. The Kier molecular flexibility index (Phi) is 11.1. The van der Waals surface area contributed by atoms with Gasteiger partial charge in [0.05, 0.1) is 24.4 Å². The van der Waals surface area contributed by atoms with E-state index in [1.54, 1.807) is 40.0 Å². The van der Waals surface area contributed by atoms with Crippen molar-refractivity contribution in [1.29, 1.82) is 0 Å². The van der Waals surface area contributed by atoms with E-state index < -0.39 is 23.8 Å². The number of ether oxygens (including phenoxy) is 3. The largest absolute Gasteiger partial charge is 0.486 e. The highest BCUT2D eigenvalue weighted by molar-refractivity contribution is 5.95. The quantitative estimate of drug-likeness (QED) is 0.238. The number of fused-ring (bicyclic) bond motifs is 1. The zero-order valence-corrected chi connectivity index (χ0v) is 28.7. The lowest BCUT2D eigenvalue weighted by Crippen LogP contribution is -2.54. The number of hydrogen-bond donors (Lipinski definition) is 3. The van der Waals surface area contributed by atoms with E-state index >= 15 is 0 Å². The molecule has 260 valence electrons. The summed E-state index contributed by atoms with van der Waals surface area (Å²) in [5.74, 6) is 2.18. The Morgan fingerprint density at radius 1 is 1.19 bits per heavy atom. The van der Waals surface area contributed by atoms with Gasteiger partial charge in [0.15, 0.2) is 12.2 Å². The van der Waals surface area contributed by atoms with Gasteiger partial charge in [-0.15, -0.1) is 0 Å². The minimum atomic E-state index is -1.07. The predicted molar refractivity (Wildman–Crippen MR) is 180 cm³/mol. The molecule has 1 aromatic carbocycles. The molecular weight excluding hydrogens is 616 g/mol. The summed E-state index contributed by atoms with van der Waals surface area (Å²) in [6, 6.07) is 8.86. The first-order valence-electron chi connectivity index (χ1n) is 16.5. The molecule has 0 radical (unpaired) electrons. The van der Waals surface area contributed by atoms with Crippen molar-refractivity contribution in [3.63, 3.8) is 0 Å². The van der Waals surface area contributed by atoms with E-state index in [1.807, 2.05) is 37.1 Å². The molecule has 13 nitrogen and oxygen atoms in total. The number of likely N-dealkylation sites (N-methyl/N-ethyl adjacent to an activating group) is 1. The van der Waals surface area contributed by atoms with Crippen molar-refractivity contribution < 1.29 is 33.3 Å². The van der Waals surface area contributed by atoms with Gasteiger partial charge in [0.2, 0.25) is 0 Å². The Bertz CT molecular complexity index is 1570. The van der Waals surface area contributed by atoms with Crippen LogP contribution in [0, 0.1) is 6.92 Å². The van der Waals surface area contributed by atoms with Gasteiger partial charge in [0, 0.05) is 45.4 Å². The molecule has 3 heterocycles. The maximum atomic E-state index is 13.5. The fourth-order valence-corrected chi connectivity index (χ4v) is 5.61. The lowest BCUT2D eigenvalue weighted by molar-refractivity contribution is -0.0113. The van der Waals surface area contributed by atoms with Crippen LogP contribution in [0.15, 0.2) is 41.1 Å². The van der Waals surface area contributed by atoms with E-state index in [-0.39, 0.29) is 25.6 Å². The number of oxazole rings is 1. The summed E-state index contributed by atoms with van der Waals surface area (Å²) in [5, 5.41) is 17.8. The number of benzene rings is 1. The number of methoxy groups -OCH3 is 1. The van der Waals surface area contributed by atoms with Crippen LogP contribution in [0.5, 0.6) is 5.75 Å². The second-order valence-electron chi connectivity index (χ2n) is 13.5. The number of pyridine rings is 1. The molecule has 2 aliphatic rings. The van der Waals surface area contributed by atoms with E-state index in [0.717, 1.165) is 29.7 Å². The molecule has 13 heteroatoms. The van der Waals surface area contributed by atoms with Crippen molar-refractivity contribution >= 4 is 23.6 Å². The van der Waals surface area contributed by atoms with E-state index in [2.05, 4.69) is 15.6 Å². The van der Waals surface area contributed by atoms with Crippen LogP contribution >= 0.6 is 0 Å². The molecule has 48 heavy (non-hydrogen) atoms. The number of hydrogen-bond acceptors (Lipinski definition) is 11. The number of nitrogens with one attached hydrogen (secondary N) is 2. The van der Waals surface area contributed by atoms with E-state index in [0.29, 0.717) is 54.3 Å². The summed E-state index contributed by atoms with van der Waals surface area (Å²) in [4.78, 5) is 39.3. The van der Waals surface area contributed by atoms with Gasteiger partial charge < -0.3 is 39.3 Å². The molecule has 1 saturated carbocycles. The van der Waals surface area contributed by atoms with Crippen molar-refractivity contribution in [2.24, 2.45) is 0 Å². The number of aliphatic hydroxyl groups excluding tert-OH is 1. The van der Waals surface area contributed by atoms with Crippen LogP contribution in [0.1, 0.15) is 73.0 Å². The number of amides is 2. The van der Waals surface area contributed by atoms with Crippen molar-refractivity contribution in [3.8, 4) is 5.75 Å². The SMILES string of the molecule is COCCN(C)c1cc(C(=O)NC[C@@H](O)[C@@H]2Cc3ccc(OCc4ocnc4C)cc3CN2C(=O)OC(C)(C)C)cc(NC2CCC2)n1. The Labute approximate surface area is 282 Å². The average molecular weight is 665 g/mol. The molecule has 1 aliphatic carbocycles. The number of nitrogens with zero attached hydrogens (tertiary/aromatic N) is 4. The minimum Gasteiger partial charge on any atom is -0.486 e. The third kappa shape index (κ3) is 8.95. The van der Waals surface area contributed by atoms with E-state index in [9.17, 15) is 14.7 Å². The van der Waals surface area contributed by atoms with Gasteiger partial charge in [-0.2, -0.15) is 0 Å². The summed E-state index contributed by atoms with van der Waals surface area (Å²) >= 11 is 0. The second kappa shape index (κ2) is 15.2. The van der Waals surface area contributed by atoms with Gasteiger partial charge in [-0.05, 0) is 88.8 Å². The molecule has 2 amide bonds. The van der Waals surface area contributed by atoms with Crippen LogP contribution in [-0.2, 0) is 29.0 Å². The molecule has 2 atom stereocenters. The fourth-order valence-electron chi connectivity index (χ4n) is 5.61. The topological polar surface area (TPSA) is 152 Å². The molecule has 0 saturated heterocycles. The summed E-state index contributed by atoms with van der Waals surface area (Å²) in [6.07, 6.45) is 3.43. The highest BCUT2D eigenvalue weighted by Gasteiger charge is 2.37. The highest BCUT2D eigenvalue weighted by Crippen LogP contribution is 2.31. The molecule has 0 spiro atoms. The van der Waals surface area contributed by atoms with Gasteiger partial charge in [-0.1, -0.05) is 6.07 Å². The van der Waals surface area contributed by atoms with E-state index in [1.165, 1.54) is 17.7 Å². The molecule has 0 unspecified atom stereocenters. The molecular formula is C35H48N6O7. The molecule has 2 aromatic heterocycles. The van der Waals surface area contributed by atoms with Crippen LogP contribution < -0.4 is 20.3 Å². The lowest BCUT2D eigenvalue weighted by atomic mass is 9.91. The number of aliphatic hydroxyl groups is 1. The minimum absolute atomic E-state index is 0.0710. The normalized spacial score (nSPS) is 16.8. The third-order valence-electron chi connectivity index (χ3n) is 8.66. The Morgan fingerprint density at radius 3 is 2.65 bits per heavy atom. The Hall–Kier alpha value is -4.36. The third-order valence-corrected chi connectivity index (χ3v) is 8.66. The molecule has 5 rings (SSSR count). The molecule has 1 aliphatic heterocycles. The molecule has 3 aromatic rings. The number of carbonyl (C=O) groups excluding carboxylic acids is 2. The van der Waals surface area contributed by atoms with Crippen molar-refractivity contribution in [1.82, 2.24) is 20.2 Å². The summed E-state index contributed by atoms with van der Waals surface area (Å²) in [5.41, 5.74) is 2.30. The van der Waals surface area contributed by atoms with Gasteiger partial charge in [0.25, 0.3) is 5.91 Å². The summed E-state index contributed by atoms with van der Waals surface area (Å²) < 4.78 is 22.3. The number of aromatic nitrogens is 2. The maximum Gasteiger partial charge on any atom is 0.410 e. The van der Waals surface area contributed by atoms with Crippen LogP contribution in [0.4, 0.5) is 16.4 Å². The first-order valence-corrected chi connectivity index (χ1v) is 16.5. The number of rotatable bonds is 13. The van der Waals surface area contributed by atoms with Crippen LogP contribution in [0.25, 0.3) is 0 Å².